The molecule has 0 saturated heterocycles. The molecule has 2 nitrogen and oxygen atoms in total. The average Bonchev–Trinajstić information content (AvgIpc) is 2.27. The molecule has 1 N–H and O–H groups in total. The molecule has 0 atom stereocenters. The van der Waals surface area contributed by atoms with Crippen LogP contribution in [0.1, 0.15) is 40.2 Å². The number of hydrogen-bond donors (Lipinski definition) is 1. The Hall–Kier alpha value is -0.540. The summed E-state index contributed by atoms with van der Waals surface area (Å²) in [4.78, 5) is 0. The average molecular weight is 328 g/mol. The van der Waals surface area contributed by atoms with Gasteiger partial charge in [-0.3, -0.25) is 0 Å². The van der Waals surface area contributed by atoms with Crippen molar-refractivity contribution in [1.82, 2.24) is 5.32 Å². The molecule has 3 heteroatoms. The van der Waals surface area contributed by atoms with Crippen LogP contribution in [0.4, 0.5) is 0 Å². The van der Waals surface area contributed by atoms with Crippen molar-refractivity contribution in [1.29, 1.82) is 0 Å². The second kappa shape index (κ2) is 6.27. The number of halogens is 1. The Labute approximate surface area is 126 Å². The monoisotopic (exact) mass is 327 g/mol. The van der Waals surface area contributed by atoms with Crippen molar-refractivity contribution >= 4 is 15.9 Å². The van der Waals surface area contributed by atoms with Crippen LogP contribution in [0.15, 0.2) is 22.7 Å². The van der Waals surface area contributed by atoms with E-state index in [1.54, 1.807) is 0 Å². The summed E-state index contributed by atoms with van der Waals surface area (Å²) in [6.07, 6.45) is 0. The Bertz CT molecular complexity index is 421. The van der Waals surface area contributed by atoms with Crippen molar-refractivity contribution in [2.24, 2.45) is 5.41 Å². The zero-order chi connectivity index (χ0) is 14.7. The summed E-state index contributed by atoms with van der Waals surface area (Å²) in [5.74, 6) is 0.957. The van der Waals surface area contributed by atoms with E-state index in [1.807, 2.05) is 12.1 Å². The molecular formula is C16H26BrNO. The first-order chi connectivity index (χ1) is 8.59. The molecule has 0 aliphatic rings. The van der Waals surface area contributed by atoms with E-state index in [2.05, 4.69) is 68.9 Å². The van der Waals surface area contributed by atoms with Gasteiger partial charge in [0.1, 0.15) is 5.75 Å². The molecule has 0 bridgehead atoms. The highest BCUT2D eigenvalue weighted by Gasteiger charge is 2.22. The smallest absolute Gasteiger partial charge is 0.123 e. The normalized spacial score (nSPS) is 12.6. The first-order valence-electron chi connectivity index (χ1n) is 6.73. The van der Waals surface area contributed by atoms with Gasteiger partial charge in [-0.15, -0.1) is 0 Å². The van der Waals surface area contributed by atoms with Crippen LogP contribution in [0.25, 0.3) is 0 Å². The lowest BCUT2D eigenvalue weighted by Crippen LogP contribution is -2.43. The van der Waals surface area contributed by atoms with E-state index in [9.17, 15) is 0 Å². The quantitative estimate of drug-likeness (QED) is 0.856. The Kier molecular flexibility index (Phi) is 5.45. The molecule has 1 aromatic carbocycles. The standard InChI is InChI=1S/C16H26BrNO/c1-12-7-8-13(17)9-14(12)19-11-16(5,6)10-18-15(2,3)4/h7-9,18H,10-11H2,1-6H3. The lowest BCUT2D eigenvalue weighted by Gasteiger charge is -2.30. The van der Waals surface area contributed by atoms with E-state index in [-0.39, 0.29) is 11.0 Å². The van der Waals surface area contributed by atoms with Gasteiger partial charge < -0.3 is 10.1 Å². The third kappa shape index (κ3) is 6.44. The summed E-state index contributed by atoms with van der Waals surface area (Å²) in [6, 6.07) is 6.14. The van der Waals surface area contributed by atoms with Gasteiger partial charge >= 0.3 is 0 Å². The fourth-order valence-electron chi connectivity index (χ4n) is 1.56. The number of ether oxygens (including phenoxy) is 1. The largest absolute Gasteiger partial charge is 0.493 e. The van der Waals surface area contributed by atoms with Gasteiger partial charge in [-0.05, 0) is 45.4 Å². The third-order valence-electron chi connectivity index (χ3n) is 2.87. The zero-order valence-electron chi connectivity index (χ0n) is 12.9. The number of aryl methyl sites for hydroxylation is 1. The van der Waals surface area contributed by atoms with Crippen LogP contribution in [0.3, 0.4) is 0 Å². The maximum absolute atomic E-state index is 5.98. The highest BCUT2D eigenvalue weighted by molar-refractivity contribution is 9.10. The molecule has 0 aliphatic carbocycles. The fourth-order valence-corrected chi connectivity index (χ4v) is 1.90. The highest BCUT2D eigenvalue weighted by atomic mass is 79.9. The molecule has 1 rings (SSSR count). The number of hydrogen-bond acceptors (Lipinski definition) is 2. The minimum Gasteiger partial charge on any atom is -0.493 e. The van der Waals surface area contributed by atoms with Gasteiger partial charge in [0.15, 0.2) is 0 Å². The molecule has 0 unspecified atom stereocenters. The molecule has 0 saturated carbocycles. The van der Waals surface area contributed by atoms with Crippen molar-refractivity contribution in [2.75, 3.05) is 13.2 Å². The Morgan fingerprint density at radius 3 is 2.37 bits per heavy atom. The van der Waals surface area contributed by atoms with E-state index < -0.39 is 0 Å². The van der Waals surface area contributed by atoms with E-state index >= 15 is 0 Å². The van der Waals surface area contributed by atoms with E-state index in [0.29, 0.717) is 6.61 Å². The minimum atomic E-state index is 0.0992. The van der Waals surface area contributed by atoms with Gasteiger partial charge in [0.05, 0.1) is 6.61 Å². The number of nitrogens with one attached hydrogen (secondary N) is 1. The maximum atomic E-state index is 5.98. The second-order valence-corrected chi connectivity index (χ2v) is 7.88. The summed E-state index contributed by atoms with van der Waals surface area (Å²) in [7, 11) is 0. The Morgan fingerprint density at radius 1 is 1.16 bits per heavy atom. The number of rotatable bonds is 5. The van der Waals surface area contributed by atoms with Crippen molar-refractivity contribution < 1.29 is 4.74 Å². The van der Waals surface area contributed by atoms with Crippen LogP contribution >= 0.6 is 15.9 Å². The summed E-state index contributed by atoms with van der Waals surface area (Å²) >= 11 is 3.48. The van der Waals surface area contributed by atoms with Gasteiger partial charge in [0.2, 0.25) is 0 Å². The summed E-state index contributed by atoms with van der Waals surface area (Å²) in [6.45, 7) is 14.7. The number of benzene rings is 1. The van der Waals surface area contributed by atoms with Crippen LogP contribution in [0.5, 0.6) is 5.75 Å². The SMILES string of the molecule is Cc1ccc(Br)cc1OCC(C)(C)CNC(C)(C)C. The molecule has 0 heterocycles. The van der Waals surface area contributed by atoms with Crippen LogP contribution in [0.2, 0.25) is 0 Å². The predicted octanol–water partition coefficient (Wildman–Crippen LogP) is 4.55. The van der Waals surface area contributed by atoms with E-state index in [0.717, 1.165) is 16.8 Å². The minimum absolute atomic E-state index is 0.0992. The van der Waals surface area contributed by atoms with Gasteiger partial charge in [0, 0.05) is 22.0 Å². The van der Waals surface area contributed by atoms with Crippen LogP contribution in [-0.4, -0.2) is 18.7 Å². The van der Waals surface area contributed by atoms with Gasteiger partial charge in [-0.25, -0.2) is 0 Å². The third-order valence-corrected chi connectivity index (χ3v) is 3.36. The fraction of sp³-hybridized carbons (Fsp3) is 0.625. The van der Waals surface area contributed by atoms with Crippen LogP contribution in [0, 0.1) is 12.3 Å². The van der Waals surface area contributed by atoms with Crippen LogP contribution < -0.4 is 10.1 Å². The Morgan fingerprint density at radius 2 is 1.79 bits per heavy atom. The zero-order valence-corrected chi connectivity index (χ0v) is 14.5. The molecule has 0 amide bonds. The van der Waals surface area contributed by atoms with Gasteiger partial charge in [-0.2, -0.15) is 0 Å². The molecule has 0 radical (unpaired) electrons. The maximum Gasteiger partial charge on any atom is 0.123 e. The summed E-state index contributed by atoms with van der Waals surface area (Å²) < 4.78 is 7.03. The second-order valence-electron chi connectivity index (χ2n) is 6.97. The highest BCUT2D eigenvalue weighted by Crippen LogP contribution is 2.25. The molecule has 1 aromatic rings. The van der Waals surface area contributed by atoms with Crippen molar-refractivity contribution in [3.05, 3.63) is 28.2 Å². The lowest BCUT2D eigenvalue weighted by atomic mass is 9.93. The van der Waals surface area contributed by atoms with E-state index in [4.69, 9.17) is 4.74 Å². The van der Waals surface area contributed by atoms with Crippen molar-refractivity contribution in [3.8, 4) is 5.75 Å². The topological polar surface area (TPSA) is 21.3 Å². The molecule has 0 fully saturated rings. The van der Waals surface area contributed by atoms with Gasteiger partial charge in [0.25, 0.3) is 0 Å². The molecule has 108 valence electrons. The first-order valence-corrected chi connectivity index (χ1v) is 7.52. The summed E-state index contributed by atoms with van der Waals surface area (Å²) in [5.41, 5.74) is 1.41. The lowest BCUT2D eigenvalue weighted by molar-refractivity contribution is 0.165. The molecule has 0 aliphatic heterocycles. The molecular weight excluding hydrogens is 302 g/mol. The van der Waals surface area contributed by atoms with Crippen molar-refractivity contribution in [3.63, 3.8) is 0 Å². The molecule has 19 heavy (non-hydrogen) atoms. The first kappa shape index (κ1) is 16.5. The van der Waals surface area contributed by atoms with Crippen LogP contribution in [-0.2, 0) is 0 Å². The van der Waals surface area contributed by atoms with E-state index in [1.165, 1.54) is 5.56 Å². The van der Waals surface area contributed by atoms with Crippen molar-refractivity contribution in [2.45, 2.75) is 47.1 Å². The summed E-state index contributed by atoms with van der Waals surface area (Å²) in [5, 5.41) is 3.54. The predicted molar refractivity (Wildman–Crippen MR) is 85.9 cm³/mol. The van der Waals surface area contributed by atoms with Gasteiger partial charge in [-0.1, -0.05) is 35.8 Å². The molecule has 0 spiro atoms. The Balaban J connectivity index is 2.57. The molecule has 0 aromatic heterocycles.